The lowest BCUT2D eigenvalue weighted by Gasteiger charge is -2.28. The summed E-state index contributed by atoms with van der Waals surface area (Å²) in [5.41, 5.74) is 7.05. The normalized spacial score (nSPS) is 23.1. The van der Waals surface area contributed by atoms with E-state index in [2.05, 4.69) is 5.32 Å². The van der Waals surface area contributed by atoms with Gasteiger partial charge in [0, 0.05) is 17.8 Å². The molecule has 0 bridgehead atoms. The highest BCUT2D eigenvalue weighted by molar-refractivity contribution is 5.47. The van der Waals surface area contributed by atoms with E-state index in [1.54, 1.807) is 0 Å². The average molecular weight is 245 g/mol. The van der Waals surface area contributed by atoms with E-state index >= 15 is 0 Å². The molecule has 0 saturated heterocycles. The van der Waals surface area contributed by atoms with Gasteiger partial charge in [-0.3, -0.25) is 0 Å². The lowest BCUT2D eigenvalue weighted by molar-refractivity contribution is 0.368. The summed E-state index contributed by atoms with van der Waals surface area (Å²) in [6.45, 7) is 0.0876. The average Bonchev–Trinajstić information content (AvgIpc) is 2.38. The summed E-state index contributed by atoms with van der Waals surface area (Å²) in [7, 11) is 0. The maximum Gasteiger partial charge on any atom is 0.174 e. The third kappa shape index (κ3) is 3.64. The number of rotatable bonds is 4. The molecule has 1 aliphatic rings. The molecule has 1 fully saturated rings. The van der Waals surface area contributed by atoms with Crippen LogP contribution in [0.3, 0.4) is 0 Å². The Balaban J connectivity index is 1.87. The van der Waals surface area contributed by atoms with Crippen molar-refractivity contribution in [3.8, 4) is 11.8 Å². The van der Waals surface area contributed by atoms with E-state index in [0.29, 0.717) is 12.1 Å². The summed E-state index contributed by atoms with van der Waals surface area (Å²) in [5.74, 6) is 0.724. The van der Waals surface area contributed by atoms with Crippen molar-refractivity contribution >= 4 is 5.69 Å². The van der Waals surface area contributed by atoms with Gasteiger partial charge in [-0.25, -0.2) is 0 Å². The summed E-state index contributed by atoms with van der Waals surface area (Å²) in [6, 6.07) is 10.5. The minimum Gasteiger partial charge on any atom is -0.479 e. The first kappa shape index (κ1) is 12.7. The molecule has 0 aliphatic heterocycles. The first-order valence-corrected chi connectivity index (χ1v) is 6.40. The van der Waals surface area contributed by atoms with Gasteiger partial charge in [-0.05, 0) is 49.9 Å². The van der Waals surface area contributed by atoms with Crippen molar-refractivity contribution in [1.82, 2.24) is 0 Å². The van der Waals surface area contributed by atoms with Crippen molar-refractivity contribution < 1.29 is 4.74 Å². The van der Waals surface area contributed by atoms with Crippen LogP contribution in [0.5, 0.6) is 5.75 Å². The van der Waals surface area contributed by atoms with Gasteiger partial charge in [0.25, 0.3) is 0 Å². The predicted octanol–water partition coefficient (Wildman–Crippen LogP) is 2.27. The Morgan fingerprint density at radius 1 is 1.33 bits per heavy atom. The largest absolute Gasteiger partial charge is 0.479 e. The van der Waals surface area contributed by atoms with Crippen molar-refractivity contribution in [2.45, 2.75) is 37.8 Å². The van der Waals surface area contributed by atoms with Crippen LogP contribution in [0.2, 0.25) is 0 Å². The number of hydrogen-bond acceptors (Lipinski definition) is 4. The molecular formula is C14H19N3O. The molecule has 2 atom stereocenters. The van der Waals surface area contributed by atoms with Gasteiger partial charge in [-0.15, -0.1) is 0 Å². The zero-order valence-electron chi connectivity index (χ0n) is 10.4. The third-order valence-corrected chi connectivity index (χ3v) is 3.24. The summed E-state index contributed by atoms with van der Waals surface area (Å²) in [4.78, 5) is 0. The van der Waals surface area contributed by atoms with Crippen LogP contribution in [0, 0.1) is 11.3 Å². The van der Waals surface area contributed by atoms with Gasteiger partial charge < -0.3 is 15.8 Å². The van der Waals surface area contributed by atoms with Crippen LogP contribution in [0.25, 0.3) is 0 Å². The van der Waals surface area contributed by atoms with Crippen LogP contribution in [0.4, 0.5) is 5.69 Å². The van der Waals surface area contributed by atoms with Crippen LogP contribution in [0.1, 0.15) is 25.7 Å². The fourth-order valence-electron chi connectivity index (χ4n) is 2.36. The number of ether oxygens (including phenoxy) is 1. The molecule has 1 saturated carbocycles. The predicted molar refractivity (Wildman–Crippen MR) is 71.4 cm³/mol. The highest BCUT2D eigenvalue weighted by Crippen LogP contribution is 2.22. The van der Waals surface area contributed by atoms with Gasteiger partial charge in [0.1, 0.15) is 11.8 Å². The minimum atomic E-state index is 0.0876. The maximum absolute atomic E-state index is 8.42. The molecule has 18 heavy (non-hydrogen) atoms. The summed E-state index contributed by atoms with van der Waals surface area (Å²) < 4.78 is 5.21. The molecule has 1 aromatic rings. The van der Waals surface area contributed by atoms with Crippen LogP contribution in [0.15, 0.2) is 24.3 Å². The second kappa shape index (κ2) is 6.27. The van der Waals surface area contributed by atoms with Gasteiger partial charge in [0.2, 0.25) is 0 Å². The van der Waals surface area contributed by atoms with E-state index in [4.69, 9.17) is 15.7 Å². The minimum absolute atomic E-state index is 0.0876. The van der Waals surface area contributed by atoms with E-state index in [9.17, 15) is 0 Å². The van der Waals surface area contributed by atoms with Gasteiger partial charge in [-0.1, -0.05) is 0 Å². The van der Waals surface area contributed by atoms with E-state index in [1.807, 2.05) is 30.3 Å². The SMILES string of the molecule is N#CCOc1ccc(NC2CCCC(N)C2)cc1. The van der Waals surface area contributed by atoms with Crippen molar-refractivity contribution in [1.29, 1.82) is 5.26 Å². The standard InChI is InChI=1S/C14H19N3O/c15-8-9-18-14-6-4-12(5-7-14)17-13-3-1-2-11(16)10-13/h4-7,11,13,17H,1-3,9-10,16H2. The molecule has 0 amide bonds. The molecule has 4 nitrogen and oxygen atoms in total. The van der Waals surface area contributed by atoms with Crippen molar-refractivity contribution in [2.75, 3.05) is 11.9 Å². The third-order valence-electron chi connectivity index (χ3n) is 3.24. The van der Waals surface area contributed by atoms with Crippen molar-refractivity contribution in [2.24, 2.45) is 5.73 Å². The number of hydrogen-bond donors (Lipinski definition) is 2. The molecule has 2 rings (SSSR count). The number of nitrogens with two attached hydrogens (primary N) is 1. The quantitative estimate of drug-likeness (QED) is 0.853. The molecule has 0 spiro atoms. The van der Waals surface area contributed by atoms with Crippen molar-refractivity contribution in [3.63, 3.8) is 0 Å². The molecule has 2 unspecified atom stereocenters. The zero-order valence-corrected chi connectivity index (χ0v) is 10.4. The van der Waals surface area contributed by atoms with Crippen LogP contribution >= 0.6 is 0 Å². The molecular weight excluding hydrogens is 226 g/mol. The molecule has 1 aromatic carbocycles. The Morgan fingerprint density at radius 3 is 2.78 bits per heavy atom. The fourth-order valence-corrected chi connectivity index (χ4v) is 2.36. The van der Waals surface area contributed by atoms with E-state index in [0.717, 1.165) is 24.3 Å². The van der Waals surface area contributed by atoms with Crippen LogP contribution in [-0.4, -0.2) is 18.7 Å². The Kier molecular flexibility index (Phi) is 4.43. The first-order chi connectivity index (χ1) is 8.78. The van der Waals surface area contributed by atoms with Gasteiger partial charge in [0.15, 0.2) is 6.61 Å². The number of nitriles is 1. The zero-order chi connectivity index (χ0) is 12.8. The fraction of sp³-hybridized carbons (Fsp3) is 0.500. The Bertz CT molecular complexity index is 410. The van der Waals surface area contributed by atoms with Gasteiger partial charge in [-0.2, -0.15) is 5.26 Å². The highest BCUT2D eigenvalue weighted by Gasteiger charge is 2.18. The molecule has 0 radical (unpaired) electrons. The second-order valence-corrected chi connectivity index (χ2v) is 4.74. The number of benzene rings is 1. The Morgan fingerprint density at radius 2 is 2.11 bits per heavy atom. The van der Waals surface area contributed by atoms with Crippen LogP contribution < -0.4 is 15.8 Å². The van der Waals surface area contributed by atoms with Crippen LogP contribution in [-0.2, 0) is 0 Å². The number of anilines is 1. The van der Waals surface area contributed by atoms with E-state index in [-0.39, 0.29) is 6.61 Å². The number of nitrogens with one attached hydrogen (secondary N) is 1. The van der Waals surface area contributed by atoms with Gasteiger partial charge >= 0.3 is 0 Å². The molecule has 96 valence electrons. The van der Waals surface area contributed by atoms with Gasteiger partial charge in [0.05, 0.1) is 0 Å². The van der Waals surface area contributed by atoms with E-state index in [1.165, 1.54) is 12.8 Å². The topological polar surface area (TPSA) is 71.1 Å². The summed E-state index contributed by atoms with van der Waals surface area (Å²) >= 11 is 0. The first-order valence-electron chi connectivity index (χ1n) is 6.40. The number of nitrogens with zero attached hydrogens (tertiary/aromatic N) is 1. The molecule has 1 aliphatic carbocycles. The Hall–Kier alpha value is -1.73. The second-order valence-electron chi connectivity index (χ2n) is 4.74. The monoisotopic (exact) mass is 245 g/mol. The van der Waals surface area contributed by atoms with E-state index < -0.39 is 0 Å². The maximum atomic E-state index is 8.42. The summed E-state index contributed by atoms with van der Waals surface area (Å²) in [5, 5.41) is 11.9. The highest BCUT2D eigenvalue weighted by atomic mass is 16.5. The molecule has 0 heterocycles. The van der Waals surface area contributed by atoms with Crippen molar-refractivity contribution in [3.05, 3.63) is 24.3 Å². The molecule has 4 heteroatoms. The Labute approximate surface area is 108 Å². The smallest absolute Gasteiger partial charge is 0.174 e. The molecule has 0 aromatic heterocycles. The summed E-state index contributed by atoms with van der Waals surface area (Å²) in [6.07, 6.45) is 4.55. The lowest BCUT2D eigenvalue weighted by atomic mass is 9.91. The lowest BCUT2D eigenvalue weighted by Crippen LogP contribution is -2.34. The molecule has 3 N–H and O–H groups in total.